The van der Waals surface area contributed by atoms with Gasteiger partial charge in [-0.15, -0.1) is 0 Å². The van der Waals surface area contributed by atoms with E-state index in [1.54, 1.807) is 6.92 Å². The average Bonchev–Trinajstić information content (AvgIpc) is 3.27. The second-order valence-electron chi connectivity index (χ2n) is 13.0. The predicted molar refractivity (Wildman–Crippen MR) is 167 cm³/mol. The van der Waals surface area contributed by atoms with Crippen LogP contribution >= 0.6 is 0 Å². The molecule has 0 saturated heterocycles. The van der Waals surface area contributed by atoms with Gasteiger partial charge in [0.15, 0.2) is 5.43 Å². The van der Waals surface area contributed by atoms with E-state index >= 15 is 0 Å². The normalized spacial score (nSPS) is 25.4. The second kappa shape index (κ2) is 12.1. The molecule has 2 saturated carbocycles. The van der Waals surface area contributed by atoms with Gasteiger partial charge in [0.1, 0.15) is 40.1 Å². The van der Waals surface area contributed by atoms with E-state index in [0.717, 1.165) is 30.4 Å². The summed E-state index contributed by atoms with van der Waals surface area (Å²) in [5, 5.41) is 19.9. The molecule has 3 aliphatic rings. The van der Waals surface area contributed by atoms with E-state index in [-0.39, 0.29) is 34.1 Å². The minimum Gasteiger partial charge on any atom is -0.508 e. The number of aryl methyl sites for hydroxylation is 2. The molecule has 230 valence electrons. The lowest BCUT2D eigenvalue weighted by Crippen LogP contribution is -2.45. The van der Waals surface area contributed by atoms with Gasteiger partial charge < -0.3 is 24.1 Å². The third-order valence-corrected chi connectivity index (χ3v) is 10.0. The summed E-state index contributed by atoms with van der Waals surface area (Å²) in [5.74, 6) is 3.14. The van der Waals surface area contributed by atoms with Crippen LogP contribution in [0.5, 0.6) is 17.2 Å². The Labute approximate surface area is 253 Å². The van der Waals surface area contributed by atoms with Gasteiger partial charge in [-0.25, -0.2) is 0 Å². The summed E-state index contributed by atoms with van der Waals surface area (Å²) in [6.45, 7) is 9.58. The van der Waals surface area contributed by atoms with Crippen molar-refractivity contribution in [1.29, 1.82) is 0 Å². The van der Waals surface area contributed by atoms with E-state index < -0.39 is 0 Å². The molecule has 1 aromatic heterocycles. The number of esters is 1. The van der Waals surface area contributed by atoms with Crippen LogP contribution in [0.15, 0.2) is 51.2 Å². The van der Waals surface area contributed by atoms with Gasteiger partial charge in [0.2, 0.25) is 0 Å². The lowest BCUT2D eigenvalue weighted by atomic mass is 9.55. The Kier molecular flexibility index (Phi) is 8.64. The Hall–Kier alpha value is -3.74. The lowest BCUT2D eigenvalue weighted by molar-refractivity contribution is -0.154. The number of phenols is 2. The molecular formula is C36H44O7. The molecule has 3 aliphatic carbocycles. The molecule has 2 aromatic carbocycles. The minimum atomic E-state index is -0.248. The summed E-state index contributed by atoms with van der Waals surface area (Å²) in [7, 11) is 1.53. The maximum absolute atomic E-state index is 12.0. The number of phenolic OH excluding ortho intramolecular Hbond substituents is 2. The second-order valence-corrected chi connectivity index (χ2v) is 13.0. The number of ether oxygens (including phenoxy) is 2. The van der Waals surface area contributed by atoms with Gasteiger partial charge in [0.25, 0.3) is 0 Å². The van der Waals surface area contributed by atoms with Crippen molar-refractivity contribution in [2.24, 2.45) is 17.3 Å². The Balaban J connectivity index is 0.000000173. The number of benzene rings is 2. The molecule has 5 atom stereocenters. The lowest BCUT2D eigenvalue weighted by Gasteiger charge is -2.50. The fraction of sp³-hybridized carbons (Fsp3) is 0.500. The zero-order valence-corrected chi connectivity index (χ0v) is 26.2. The number of aromatic hydroxyl groups is 2. The van der Waals surface area contributed by atoms with Crippen LogP contribution in [0.25, 0.3) is 11.0 Å². The topological polar surface area (TPSA) is 106 Å². The van der Waals surface area contributed by atoms with Crippen LogP contribution in [-0.4, -0.2) is 29.4 Å². The monoisotopic (exact) mass is 588 g/mol. The Morgan fingerprint density at radius 3 is 2.56 bits per heavy atom. The molecule has 0 aliphatic heterocycles. The van der Waals surface area contributed by atoms with Gasteiger partial charge in [-0.05, 0) is 107 Å². The molecule has 2 fully saturated rings. The molecule has 0 radical (unpaired) electrons. The molecule has 0 spiro atoms. The van der Waals surface area contributed by atoms with Crippen LogP contribution in [0.1, 0.15) is 88.2 Å². The summed E-state index contributed by atoms with van der Waals surface area (Å²) in [6.07, 6.45) is 9.49. The highest BCUT2D eigenvalue weighted by Crippen LogP contribution is 2.61. The maximum atomic E-state index is 12.0. The molecule has 5 unspecified atom stereocenters. The number of fused-ring (bicyclic) bond motifs is 6. The molecule has 6 rings (SSSR count). The van der Waals surface area contributed by atoms with Crippen molar-refractivity contribution >= 4 is 16.9 Å². The first kappa shape index (κ1) is 30.7. The highest BCUT2D eigenvalue weighted by Gasteiger charge is 2.56. The summed E-state index contributed by atoms with van der Waals surface area (Å²) in [6, 6.07) is 8.77. The van der Waals surface area contributed by atoms with Gasteiger partial charge in [0, 0.05) is 30.0 Å². The van der Waals surface area contributed by atoms with Crippen LogP contribution in [-0.2, 0) is 22.4 Å². The first-order valence-electron chi connectivity index (χ1n) is 15.4. The zero-order chi connectivity index (χ0) is 31.1. The minimum absolute atomic E-state index is 0.104. The Bertz CT molecular complexity index is 1610. The molecule has 7 heteroatoms. The zero-order valence-electron chi connectivity index (χ0n) is 26.2. The van der Waals surface area contributed by atoms with Crippen molar-refractivity contribution < 1.29 is 28.9 Å². The van der Waals surface area contributed by atoms with Crippen LogP contribution in [0, 0.1) is 24.2 Å². The van der Waals surface area contributed by atoms with E-state index in [0.29, 0.717) is 47.0 Å². The van der Waals surface area contributed by atoms with E-state index in [1.807, 2.05) is 32.1 Å². The van der Waals surface area contributed by atoms with Crippen molar-refractivity contribution in [3.05, 3.63) is 74.7 Å². The molecule has 3 aromatic rings. The number of hydrogen-bond donors (Lipinski definition) is 2. The van der Waals surface area contributed by atoms with Crippen molar-refractivity contribution in [3.8, 4) is 17.2 Å². The van der Waals surface area contributed by atoms with Crippen LogP contribution in [0.3, 0.4) is 0 Å². The molecule has 1 heterocycles. The molecule has 43 heavy (non-hydrogen) atoms. The van der Waals surface area contributed by atoms with E-state index in [2.05, 4.69) is 13.0 Å². The standard InChI is InChI=1S/C20H26O3.C16H18O4/c1-12(21)23-19-8-7-18-17-5-3-13-11-14(22)4-6-15(13)16(17)9-10-20(18,19)2;1-9(2)5-6-11-14(19-4)8-13(18)15-12(17)7-10(3)20-16(11)15/h4,6,11,16-19,22H,3,5,7-10H2,1-2H3;5,7-8,18H,6H2,1-4H3. The van der Waals surface area contributed by atoms with E-state index in [9.17, 15) is 19.8 Å². The molecule has 7 nitrogen and oxygen atoms in total. The van der Waals surface area contributed by atoms with Crippen molar-refractivity contribution in [2.45, 2.75) is 91.6 Å². The summed E-state index contributed by atoms with van der Waals surface area (Å²) in [4.78, 5) is 23.5. The molecular weight excluding hydrogens is 544 g/mol. The third kappa shape index (κ3) is 5.91. The summed E-state index contributed by atoms with van der Waals surface area (Å²) < 4.78 is 16.6. The van der Waals surface area contributed by atoms with Crippen molar-refractivity contribution in [1.82, 2.24) is 0 Å². The predicted octanol–water partition coefficient (Wildman–Crippen LogP) is 7.50. The number of allylic oxidation sites excluding steroid dienone is 2. The molecule has 2 N–H and O–H groups in total. The SMILES string of the molecule is CC(=O)OC1CCC2C3CCc4cc(O)ccc4C3CCC12C.COc1cc(O)c2c(=O)cc(C)oc2c1CC=C(C)C. The van der Waals surface area contributed by atoms with Crippen LogP contribution < -0.4 is 10.2 Å². The number of carbonyl (C=O) groups is 1. The number of carbonyl (C=O) groups excluding carboxylic acids is 1. The van der Waals surface area contributed by atoms with Crippen LogP contribution in [0.4, 0.5) is 0 Å². The first-order valence-corrected chi connectivity index (χ1v) is 15.4. The fourth-order valence-corrected chi connectivity index (χ4v) is 8.06. The smallest absolute Gasteiger partial charge is 0.302 e. The molecule has 0 amide bonds. The van der Waals surface area contributed by atoms with Crippen LogP contribution in [0.2, 0.25) is 0 Å². The number of methoxy groups -OCH3 is 1. The number of hydrogen-bond acceptors (Lipinski definition) is 7. The van der Waals surface area contributed by atoms with Gasteiger partial charge in [-0.3, -0.25) is 9.59 Å². The Morgan fingerprint density at radius 1 is 1.09 bits per heavy atom. The number of rotatable bonds is 4. The van der Waals surface area contributed by atoms with Gasteiger partial charge in [0.05, 0.1) is 7.11 Å². The maximum Gasteiger partial charge on any atom is 0.302 e. The first-order chi connectivity index (χ1) is 20.4. The summed E-state index contributed by atoms with van der Waals surface area (Å²) in [5.41, 5.74) is 5.01. The third-order valence-electron chi connectivity index (χ3n) is 10.0. The van der Waals surface area contributed by atoms with Crippen molar-refractivity contribution in [3.63, 3.8) is 0 Å². The van der Waals surface area contributed by atoms with E-state index in [1.165, 1.54) is 56.6 Å². The average molecular weight is 589 g/mol. The van der Waals surface area contributed by atoms with Crippen molar-refractivity contribution in [2.75, 3.05) is 7.11 Å². The summed E-state index contributed by atoms with van der Waals surface area (Å²) >= 11 is 0. The van der Waals surface area contributed by atoms with Gasteiger partial charge in [-0.1, -0.05) is 24.6 Å². The highest BCUT2D eigenvalue weighted by molar-refractivity contribution is 5.88. The highest BCUT2D eigenvalue weighted by atomic mass is 16.5. The van der Waals surface area contributed by atoms with Gasteiger partial charge >= 0.3 is 5.97 Å². The quantitative estimate of drug-likeness (QED) is 0.240. The molecule has 0 bridgehead atoms. The largest absolute Gasteiger partial charge is 0.508 e. The van der Waals surface area contributed by atoms with E-state index in [4.69, 9.17) is 13.9 Å². The fourth-order valence-electron chi connectivity index (χ4n) is 8.06. The Morgan fingerprint density at radius 2 is 1.86 bits per heavy atom. The van der Waals surface area contributed by atoms with Gasteiger partial charge in [-0.2, -0.15) is 0 Å².